The van der Waals surface area contributed by atoms with Crippen LogP contribution in [0.5, 0.6) is 0 Å². The molecule has 80 valence electrons. The molecule has 0 bridgehead atoms. The zero-order chi connectivity index (χ0) is 11.1. The van der Waals surface area contributed by atoms with Gasteiger partial charge in [0.1, 0.15) is 6.67 Å². The molecule has 0 fully saturated rings. The average molecular weight is 207 g/mol. The Morgan fingerprint density at radius 1 is 1.60 bits per heavy atom. The summed E-state index contributed by atoms with van der Waals surface area (Å²) < 4.78 is 0. The Bertz CT molecular complexity index is 352. The summed E-state index contributed by atoms with van der Waals surface area (Å²) in [4.78, 5) is 25.5. The van der Waals surface area contributed by atoms with Gasteiger partial charge in [0.25, 0.3) is 0 Å². The summed E-state index contributed by atoms with van der Waals surface area (Å²) >= 11 is 0. The Morgan fingerprint density at radius 3 is 3.07 bits per heavy atom. The SMILES string of the molecule is CCCC(=O)c1cnccc1NCN=O. The first-order chi connectivity index (χ1) is 7.29. The normalized spacial score (nSPS) is 9.67. The van der Waals surface area contributed by atoms with Gasteiger partial charge in [-0.1, -0.05) is 6.92 Å². The third kappa shape index (κ3) is 3.12. The van der Waals surface area contributed by atoms with Gasteiger partial charge in [0.05, 0.1) is 5.56 Å². The number of pyridine rings is 1. The van der Waals surface area contributed by atoms with E-state index in [1.165, 1.54) is 6.20 Å². The van der Waals surface area contributed by atoms with Gasteiger partial charge in [0, 0.05) is 24.5 Å². The Labute approximate surface area is 87.9 Å². The fraction of sp³-hybridized carbons (Fsp3) is 0.400. The number of Topliss-reactive ketones (excluding diaryl/α,β-unsaturated/α-hetero) is 1. The first-order valence-corrected chi connectivity index (χ1v) is 4.79. The molecule has 0 aliphatic heterocycles. The van der Waals surface area contributed by atoms with E-state index in [0.29, 0.717) is 17.7 Å². The van der Waals surface area contributed by atoms with Crippen LogP contribution in [-0.4, -0.2) is 17.4 Å². The van der Waals surface area contributed by atoms with Crippen molar-refractivity contribution in [1.82, 2.24) is 4.98 Å². The lowest BCUT2D eigenvalue weighted by Gasteiger charge is -2.07. The summed E-state index contributed by atoms with van der Waals surface area (Å²) in [5, 5.41) is 5.45. The van der Waals surface area contributed by atoms with Crippen LogP contribution in [0, 0.1) is 4.91 Å². The predicted octanol–water partition coefficient (Wildman–Crippen LogP) is 2.20. The van der Waals surface area contributed by atoms with Crippen LogP contribution in [-0.2, 0) is 0 Å². The highest BCUT2D eigenvalue weighted by molar-refractivity contribution is 6.00. The molecule has 0 amide bonds. The van der Waals surface area contributed by atoms with E-state index < -0.39 is 0 Å². The minimum Gasteiger partial charge on any atom is -0.363 e. The fourth-order valence-electron chi connectivity index (χ4n) is 1.25. The number of carbonyl (C=O) groups excluding carboxylic acids is 1. The van der Waals surface area contributed by atoms with E-state index in [9.17, 15) is 9.70 Å². The monoisotopic (exact) mass is 207 g/mol. The molecule has 0 unspecified atom stereocenters. The lowest BCUT2D eigenvalue weighted by atomic mass is 10.1. The van der Waals surface area contributed by atoms with Gasteiger partial charge in [-0.05, 0) is 17.7 Å². The molecule has 1 N–H and O–H groups in total. The van der Waals surface area contributed by atoms with Crippen molar-refractivity contribution >= 4 is 11.5 Å². The third-order valence-corrected chi connectivity index (χ3v) is 1.93. The molecule has 0 aliphatic carbocycles. The van der Waals surface area contributed by atoms with Crippen LogP contribution < -0.4 is 5.32 Å². The maximum absolute atomic E-state index is 11.6. The molecule has 1 aromatic rings. The van der Waals surface area contributed by atoms with E-state index >= 15 is 0 Å². The Morgan fingerprint density at radius 2 is 2.40 bits per heavy atom. The first kappa shape index (κ1) is 11.3. The molecule has 0 saturated heterocycles. The maximum Gasteiger partial charge on any atom is 0.166 e. The summed E-state index contributed by atoms with van der Waals surface area (Å²) in [6.07, 6.45) is 4.34. The Kier molecular flexibility index (Phi) is 4.40. The number of rotatable bonds is 6. The minimum atomic E-state index is -0.0452. The molecule has 15 heavy (non-hydrogen) atoms. The summed E-state index contributed by atoms with van der Waals surface area (Å²) in [7, 11) is 0. The zero-order valence-corrected chi connectivity index (χ0v) is 8.56. The number of nitroso groups, excluding NO2 is 1. The van der Waals surface area contributed by atoms with Crippen molar-refractivity contribution in [1.29, 1.82) is 0 Å². The molecule has 1 aromatic heterocycles. The van der Waals surface area contributed by atoms with Gasteiger partial charge < -0.3 is 5.32 Å². The van der Waals surface area contributed by atoms with Crippen molar-refractivity contribution in [3.63, 3.8) is 0 Å². The number of hydrogen-bond acceptors (Lipinski definition) is 5. The van der Waals surface area contributed by atoms with Crippen LogP contribution in [0.25, 0.3) is 0 Å². The highest BCUT2D eigenvalue weighted by atomic mass is 16.3. The van der Waals surface area contributed by atoms with Gasteiger partial charge in [-0.2, -0.15) is 0 Å². The van der Waals surface area contributed by atoms with Crippen molar-refractivity contribution in [2.45, 2.75) is 19.8 Å². The van der Waals surface area contributed by atoms with Crippen LogP contribution in [0.4, 0.5) is 5.69 Å². The molecular weight excluding hydrogens is 194 g/mol. The van der Waals surface area contributed by atoms with Crippen LogP contribution in [0.1, 0.15) is 30.1 Å². The molecule has 5 heteroatoms. The number of carbonyl (C=O) groups is 1. The number of nitrogens with one attached hydrogen (secondary N) is 1. The van der Waals surface area contributed by atoms with E-state index in [1.54, 1.807) is 12.3 Å². The second-order valence-electron chi connectivity index (χ2n) is 3.06. The van der Waals surface area contributed by atoms with Crippen molar-refractivity contribution in [2.24, 2.45) is 5.18 Å². The number of hydrogen-bond donors (Lipinski definition) is 1. The molecule has 1 rings (SSSR count). The predicted molar refractivity (Wildman–Crippen MR) is 57.8 cm³/mol. The fourth-order valence-corrected chi connectivity index (χ4v) is 1.25. The molecule has 0 aliphatic rings. The van der Waals surface area contributed by atoms with E-state index in [-0.39, 0.29) is 12.5 Å². The van der Waals surface area contributed by atoms with Crippen LogP contribution in [0.15, 0.2) is 23.6 Å². The summed E-state index contributed by atoms with van der Waals surface area (Å²) in [5.74, 6) is 0.0269. The highest BCUT2D eigenvalue weighted by Gasteiger charge is 2.09. The van der Waals surface area contributed by atoms with Crippen LogP contribution in [0.3, 0.4) is 0 Å². The van der Waals surface area contributed by atoms with E-state index in [1.807, 2.05) is 6.92 Å². The largest absolute Gasteiger partial charge is 0.363 e. The summed E-state index contributed by atoms with van der Waals surface area (Å²) in [6, 6.07) is 1.66. The van der Waals surface area contributed by atoms with E-state index in [2.05, 4.69) is 15.5 Å². The molecule has 0 radical (unpaired) electrons. The minimum absolute atomic E-state index is 0.0269. The van der Waals surface area contributed by atoms with Crippen molar-refractivity contribution < 1.29 is 4.79 Å². The van der Waals surface area contributed by atoms with Gasteiger partial charge in [0.2, 0.25) is 0 Å². The lowest BCUT2D eigenvalue weighted by molar-refractivity contribution is 0.0982. The topological polar surface area (TPSA) is 71.4 Å². The van der Waals surface area contributed by atoms with Gasteiger partial charge >= 0.3 is 0 Å². The first-order valence-electron chi connectivity index (χ1n) is 4.79. The second kappa shape index (κ2) is 5.85. The highest BCUT2D eigenvalue weighted by Crippen LogP contribution is 2.15. The molecule has 0 saturated carbocycles. The maximum atomic E-state index is 11.6. The number of anilines is 1. The smallest absolute Gasteiger partial charge is 0.166 e. The van der Waals surface area contributed by atoms with Crippen molar-refractivity contribution in [2.75, 3.05) is 12.0 Å². The molecule has 0 atom stereocenters. The number of aromatic nitrogens is 1. The number of ketones is 1. The van der Waals surface area contributed by atoms with Gasteiger partial charge in [-0.15, -0.1) is 4.91 Å². The molecule has 1 heterocycles. The molecule has 0 spiro atoms. The second-order valence-corrected chi connectivity index (χ2v) is 3.06. The van der Waals surface area contributed by atoms with Crippen LogP contribution in [0.2, 0.25) is 0 Å². The standard InChI is InChI=1S/C10H13N3O2/c1-2-3-10(14)8-6-11-5-4-9(8)12-7-13-15/h4-6H,2-3,7H2,1H3,(H,11,12). The van der Waals surface area contributed by atoms with E-state index in [0.717, 1.165) is 6.42 Å². The zero-order valence-electron chi connectivity index (χ0n) is 8.56. The Hall–Kier alpha value is -1.78. The quantitative estimate of drug-likeness (QED) is 0.573. The molecule has 5 nitrogen and oxygen atoms in total. The Balaban J connectivity index is 2.85. The van der Waals surface area contributed by atoms with Gasteiger partial charge in [0.15, 0.2) is 5.78 Å². The van der Waals surface area contributed by atoms with Crippen molar-refractivity contribution in [3.8, 4) is 0 Å². The van der Waals surface area contributed by atoms with Gasteiger partial charge in [-0.25, -0.2) is 0 Å². The number of nitrogens with zero attached hydrogens (tertiary/aromatic N) is 2. The van der Waals surface area contributed by atoms with Crippen LogP contribution >= 0.6 is 0 Å². The summed E-state index contributed by atoms with van der Waals surface area (Å²) in [5.41, 5.74) is 1.13. The van der Waals surface area contributed by atoms with Gasteiger partial charge in [-0.3, -0.25) is 9.78 Å². The lowest BCUT2D eigenvalue weighted by Crippen LogP contribution is -2.07. The summed E-state index contributed by atoms with van der Waals surface area (Å²) in [6.45, 7) is 1.89. The molecular formula is C10H13N3O2. The third-order valence-electron chi connectivity index (χ3n) is 1.93. The van der Waals surface area contributed by atoms with E-state index in [4.69, 9.17) is 0 Å². The average Bonchev–Trinajstić information content (AvgIpc) is 2.27. The molecule has 0 aromatic carbocycles. The van der Waals surface area contributed by atoms with Crippen molar-refractivity contribution in [3.05, 3.63) is 28.9 Å².